The van der Waals surface area contributed by atoms with Crippen molar-refractivity contribution in [2.75, 3.05) is 7.11 Å². The van der Waals surface area contributed by atoms with Crippen LogP contribution in [0.4, 0.5) is 13.6 Å². The number of hydrogen-bond acceptors (Lipinski definition) is 3. The van der Waals surface area contributed by atoms with E-state index in [2.05, 4.69) is 9.84 Å². The first-order valence-corrected chi connectivity index (χ1v) is 3.96. The lowest BCUT2D eigenvalue weighted by atomic mass is 10.2. The molecule has 0 saturated carbocycles. The highest BCUT2D eigenvalue weighted by atomic mass is 19.1. The molecule has 1 aromatic carbocycles. The lowest BCUT2D eigenvalue weighted by molar-refractivity contribution is 0.171. The minimum Gasteiger partial charge on any atom is -0.452 e. The molecule has 0 aliphatic carbocycles. The van der Waals surface area contributed by atoms with E-state index < -0.39 is 17.7 Å². The van der Waals surface area contributed by atoms with Crippen LogP contribution in [0.5, 0.6) is 0 Å². The second-order valence-electron chi connectivity index (χ2n) is 2.50. The molecule has 4 nitrogen and oxygen atoms in total. The van der Waals surface area contributed by atoms with Crippen LogP contribution < -0.4 is 5.43 Å². The molecule has 6 heteroatoms. The lowest BCUT2D eigenvalue weighted by Crippen LogP contribution is -2.17. The van der Waals surface area contributed by atoms with E-state index in [9.17, 15) is 13.6 Å². The van der Waals surface area contributed by atoms with E-state index in [1.165, 1.54) is 6.07 Å². The standard InChI is InChI=1S/C9H8F2N2O2/c1-15-9(14)13-12-5-6-7(10)3-2-4-8(6)11/h2-5H,1H3,(H,13,14). The van der Waals surface area contributed by atoms with Crippen molar-refractivity contribution in [1.82, 2.24) is 5.43 Å². The number of benzene rings is 1. The third kappa shape index (κ3) is 3.01. The summed E-state index contributed by atoms with van der Waals surface area (Å²) in [5, 5.41) is 3.30. The third-order valence-electron chi connectivity index (χ3n) is 1.53. The second-order valence-corrected chi connectivity index (χ2v) is 2.50. The summed E-state index contributed by atoms with van der Waals surface area (Å²) in [5.74, 6) is -1.52. The molecule has 1 aromatic rings. The van der Waals surface area contributed by atoms with E-state index in [0.29, 0.717) is 0 Å². The molecular formula is C9H8F2N2O2. The Bertz CT molecular complexity index is 373. The monoisotopic (exact) mass is 214 g/mol. The first-order valence-electron chi connectivity index (χ1n) is 3.96. The largest absolute Gasteiger partial charge is 0.452 e. The number of nitrogens with zero attached hydrogens (tertiary/aromatic N) is 1. The number of rotatable bonds is 2. The molecule has 0 spiro atoms. The van der Waals surface area contributed by atoms with Crippen LogP contribution in [-0.2, 0) is 4.74 Å². The van der Waals surface area contributed by atoms with Crippen LogP contribution >= 0.6 is 0 Å². The van der Waals surface area contributed by atoms with Crippen molar-refractivity contribution >= 4 is 12.3 Å². The number of methoxy groups -OCH3 is 1. The van der Waals surface area contributed by atoms with Crippen molar-refractivity contribution in [2.45, 2.75) is 0 Å². The highest BCUT2D eigenvalue weighted by Crippen LogP contribution is 2.08. The molecule has 1 amide bonds. The fraction of sp³-hybridized carbons (Fsp3) is 0.111. The van der Waals surface area contributed by atoms with Crippen LogP contribution in [0.25, 0.3) is 0 Å². The zero-order valence-corrected chi connectivity index (χ0v) is 7.83. The van der Waals surface area contributed by atoms with Crippen molar-refractivity contribution in [3.8, 4) is 0 Å². The third-order valence-corrected chi connectivity index (χ3v) is 1.53. The molecule has 1 rings (SSSR count). The predicted octanol–water partition coefficient (Wildman–Crippen LogP) is 1.65. The lowest BCUT2D eigenvalue weighted by Gasteiger charge is -1.98. The maximum atomic E-state index is 13.0. The van der Waals surface area contributed by atoms with E-state index in [1.54, 1.807) is 0 Å². The van der Waals surface area contributed by atoms with Gasteiger partial charge >= 0.3 is 6.09 Å². The van der Waals surface area contributed by atoms with Gasteiger partial charge < -0.3 is 4.74 Å². The number of hydrogen-bond donors (Lipinski definition) is 1. The normalized spacial score (nSPS) is 10.3. The Morgan fingerprint density at radius 1 is 1.47 bits per heavy atom. The molecule has 80 valence electrons. The first kappa shape index (κ1) is 11.1. The molecule has 15 heavy (non-hydrogen) atoms. The Morgan fingerprint density at radius 3 is 2.60 bits per heavy atom. The molecule has 0 aliphatic heterocycles. The highest BCUT2D eigenvalue weighted by molar-refractivity contribution is 5.81. The maximum absolute atomic E-state index is 13.0. The molecule has 0 unspecified atom stereocenters. The predicted molar refractivity (Wildman–Crippen MR) is 49.5 cm³/mol. The Morgan fingerprint density at radius 2 is 2.07 bits per heavy atom. The number of halogens is 2. The topological polar surface area (TPSA) is 50.7 Å². The van der Waals surface area contributed by atoms with Crippen molar-refractivity contribution in [2.24, 2.45) is 5.10 Å². The molecule has 0 fully saturated rings. The number of hydrazone groups is 1. The quantitative estimate of drug-likeness (QED) is 0.601. The van der Waals surface area contributed by atoms with Crippen LogP contribution in [0, 0.1) is 11.6 Å². The van der Waals surface area contributed by atoms with Crippen molar-refractivity contribution < 1.29 is 18.3 Å². The van der Waals surface area contributed by atoms with E-state index in [-0.39, 0.29) is 5.56 Å². The molecule has 0 aromatic heterocycles. The van der Waals surface area contributed by atoms with Gasteiger partial charge in [0.1, 0.15) is 11.6 Å². The summed E-state index contributed by atoms with van der Waals surface area (Å²) in [6.45, 7) is 0. The van der Waals surface area contributed by atoms with Gasteiger partial charge in [-0.3, -0.25) is 0 Å². The summed E-state index contributed by atoms with van der Waals surface area (Å²) < 4.78 is 30.2. The molecule has 0 radical (unpaired) electrons. The van der Waals surface area contributed by atoms with Gasteiger partial charge in [0.2, 0.25) is 0 Å². The molecule has 0 atom stereocenters. The van der Waals surface area contributed by atoms with Crippen molar-refractivity contribution in [1.29, 1.82) is 0 Å². The zero-order valence-electron chi connectivity index (χ0n) is 7.83. The van der Waals surface area contributed by atoms with Gasteiger partial charge in [0.05, 0.1) is 18.9 Å². The summed E-state index contributed by atoms with van der Waals surface area (Å²) in [6.07, 6.45) is 0.0460. The van der Waals surface area contributed by atoms with Gasteiger partial charge in [0.25, 0.3) is 0 Å². The molecule has 0 bridgehead atoms. The van der Waals surface area contributed by atoms with Gasteiger partial charge in [0.15, 0.2) is 0 Å². The number of carbonyl (C=O) groups excluding carboxylic acids is 1. The summed E-state index contributed by atoms with van der Waals surface area (Å²) in [7, 11) is 1.15. The average Bonchev–Trinajstić information content (AvgIpc) is 2.22. The Labute approximate surface area is 84.5 Å². The van der Waals surface area contributed by atoms with Gasteiger partial charge in [-0.05, 0) is 12.1 Å². The van der Waals surface area contributed by atoms with Gasteiger partial charge in [-0.2, -0.15) is 5.10 Å². The van der Waals surface area contributed by atoms with Crippen LogP contribution in [0.2, 0.25) is 0 Å². The minimum atomic E-state index is -0.817. The number of carbonyl (C=O) groups is 1. The van der Waals surface area contributed by atoms with Gasteiger partial charge in [-0.15, -0.1) is 0 Å². The number of amides is 1. The van der Waals surface area contributed by atoms with E-state index >= 15 is 0 Å². The van der Waals surface area contributed by atoms with E-state index in [1.807, 2.05) is 5.43 Å². The maximum Gasteiger partial charge on any atom is 0.427 e. The summed E-state index contributed by atoms with van der Waals surface area (Å²) >= 11 is 0. The van der Waals surface area contributed by atoms with E-state index in [4.69, 9.17) is 0 Å². The minimum absolute atomic E-state index is 0.325. The molecular weight excluding hydrogens is 206 g/mol. The van der Waals surface area contributed by atoms with E-state index in [0.717, 1.165) is 25.5 Å². The average molecular weight is 214 g/mol. The van der Waals surface area contributed by atoms with Crippen LogP contribution in [-0.4, -0.2) is 19.4 Å². The summed E-state index contributed by atoms with van der Waals surface area (Å²) in [4.78, 5) is 10.5. The number of ether oxygens (including phenoxy) is 1. The molecule has 1 N–H and O–H groups in total. The van der Waals surface area contributed by atoms with Crippen LogP contribution in [0.3, 0.4) is 0 Å². The smallest absolute Gasteiger partial charge is 0.427 e. The fourth-order valence-corrected chi connectivity index (χ4v) is 0.829. The SMILES string of the molecule is COC(=O)NN=Cc1c(F)cccc1F. The van der Waals surface area contributed by atoms with Gasteiger partial charge in [-0.1, -0.05) is 6.07 Å². The summed E-state index contributed by atoms with van der Waals surface area (Å²) in [6, 6.07) is 3.40. The van der Waals surface area contributed by atoms with Crippen LogP contribution in [0.1, 0.15) is 5.56 Å². The molecule has 0 saturated heterocycles. The molecule has 0 aliphatic rings. The summed E-state index contributed by atoms with van der Waals surface area (Å²) in [5.41, 5.74) is 1.59. The Kier molecular flexibility index (Phi) is 3.73. The van der Waals surface area contributed by atoms with Gasteiger partial charge in [0, 0.05) is 0 Å². The van der Waals surface area contributed by atoms with Gasteiger partial charge in [-0.25, -0.2) is 19.0 Å². The van der Waals surface area contributed by atoms with Crippen LogP contribution in [0.15, 0.2) is 23.3 Å². The Hall–Kier alpha value is -1.98. The molecule has 0 heterocycles. The second kappa shape index (κ2) is 5.04. The first-order chi connectivity index (χ1) is 7.15. The fourth-order valence-electron chi connectivity index (χ4n) is 0.829. The van der Waals surface area contributed by atoms with Crippen molar-refractivity contribution in [3.63, 3.8) is 0 Å². The highest BCUT2D eigenvalue weighted by Gasteiger charge is 2.05. The Balaban J connectivity index is 2.76. The number of nitrogens with one attached hydrogen (secondary N) is 1. The zero-order chi connectivity index (χ0) is 11.3. The van der Waals surface area contributed by atoms with Crippen molar-refractivity contribution in [3.05, 3.63) is 35.4 Å².